The van der Waals surface area contributed by atoms with Gasteiger partial charge in [0.15, 0.2) is 0 Å². The molecule has 0 saturated heterocycles. The van der Waals surface area contributed by atoms with Crippen LogP contribution in [0.2, 0.25) is 5.02 Å². The van der Waals surface area contributed by atoms with Crippen LogP contribution in [0.3, 0.4) is 0 Å². The molecule has 0 aliphatic rings. The monoisotopic (exact) mass is 381 g/mol. The normalized spacial score (nSPS) is 11.6. The number of aryl methyl sites for hydroxylation is 1. The molecule has 3 aromatic rings. The van der Waals surface area contributed by atoms with Crippen molar-refractivity contribution in [2.75, 3.05) is 0 Å². The highest BCUT2D eigenvalue weighted by Crippen LogP contribution is 2.21. The molecule has 9 heteroatoms. The topological polar surface area (TPSA) is 80.2 Å². The molecule has 0 atom stereocenters. The second kappa shape index (κ2) is 6.47. The summed E-state index contributed by atoms with van der Waals surface area (Å²) in [4.78, 5) is 14.0. The van der Waals surface area contributed by atoms with Crippen molar-refractivity contribution < 1.29 is 17.6 Å². The molecule has 0 radical (unpaired) electrons. The van der Waals surface area contributed by atoms with Crippen molar-refractivity contribution >= 4 is 38.4 Å². The summed E-state index contributed by atoms with van der Waals surface area (Å²) < 4.78 is 39.3. The maximum absolute atomic E-state index is 13.2. The molecule has 130 valence electrons. The van der Waals surface area contributed by atoms with Gasteiger partial charge in [0.25, 0.3) is 15.9 Å². The van der Waals surface area contributed by atoms with Gasteiger partial charge < -0.3 is 4.57 Å². The van der Waals surface area contributed by atoms with Gasteiger partial charge in [-0.3, -0.25) is 10.2 Å². The first-order chi connectivity index (χ1) is 11.8. The number of nitrogens with one attached hydrogen (secondary N) is 2. The molecule has 2 N–H and O–H groups in total. The lowest BCUT2D eigenvalue weighted by molar-refractivity contribution is 0.0946. The highest BCUT2D eigenvalue weighted by atomic mass is 35.5. The van der Waals surface area contributed by atoms with Crippen LogP contribution in [0.1, 0.15) is 10.4 Å². The number of carbonyl (C=O) groups excluding carboxylic acids is 1. The second-order valence-corrected chi connectivity index (χ2v) is 7.40. The molecule has 0 spiro atoms. The summed E-state index contributed by atoms with van der Waals surface area (Å²) in [5.74, 6) is -1.35. The Hall–Kier alpha value is -2.42. The van der Waals surface area contributed by atoms with Gasteiger partial charge in [0.05, 0.1) is 15.5 Å². The van der Waals surface area contributed by atoms with Gasteiger partial charge in [-0.05, 0) is 24.3 Å². The first-order valence-electron chi connectivity index (χ1n) is 7.11. The molecule has 1 aromatic heterocycles. The third-order valence-corrected chi connectivity index (χ3v) is 5.18. The number of para-hydroxylation sites is 1. The molecule has 6 nitrogen and oxygen atoms in total. The highest BCUT2D eigenvalue weighted by Gasteiger charge is 2.19. The van der Waals surface area contributed by atoms with Crippen LogP contribution in [0.5, 0.6) is 0 Å². The Morgan fingerprint density at radius 2 is 1.92 bits per heavy atom. The van der Waals surface area contributed by atoms with Gasteiger partial charge in [0, 0.05) is 24.1 Å². The number of hydrogen-bond acceptors (Lipinski definition) is 3. The van der Waals surface area contributed by atoms with E-state index >= 15 is 0 Å². The van der Waals surface area contributed by atoms with Crippen molar-refractivity contribution in [2.45, 2.75) is 4.90 Å². The highest BCUT2D eigenvalue weighted by molar-refractivity contribution is 7.89. The first-order valence-corrected chi connectivity index (χ1v) is 8.97. The van der Waals surface area contributed by atoms with Crippen LogP contribution in [0, 0.1) is 5.82 Å². The fraction of sp³-hybridized carbons (Fsp3) is 0.0625. The fourth-order valence-corrected chi connectivity index (χ4v) is 3.52. The quantitative estimate of drug-likeness (QED) is 0.682. The third-order valence-electron chi connectivity index (χ3n) is 3.64. The number of sulfonamides is 1. The molecule has 3 rings (SSSR count). The summed E-state index contributed by atoms with van der Waals surface area (Å²) in [7, 11) is -2.31. The van der Waals surface area contributed by atoms with Gasteiger partial charge in [0.1, 0.15) is 5.82 Å². The number of aromatic nitrogens is 1. The van der Waals surface area contributed by atoms with E-state index in [1.165, 1.54) is 0 Å². The molecule has 0 saturated carbocycles. The number of carbonyl (C=O) groups is 1. The van der Waals surface area contributed by atoms with Crippen LogP contribution in [-0.4, -0.2) is 18.9 Å². The predicted octanol–water partition coefficient (Wildman–Crippen LogP) is 2.59. The number of halogens is 2. The number of hydrogen-bond donors (Lipinski definition) is 2. The van der Waals surface area contributed by atoms with Gasteiger partial charge in [-0.2, -0.15) is 0 Å². The number of amides is 1. The maximum atomic E-state index is 13.2. The van der Waals surface area contributed by atoms with Crippen molar-refractivity contribution in [3.8, 4) is 0 Å². The molecule has 0 unspecified atom stereocenters. The lowest BCUT2D eigenvalue weighted by atomic mass is 10.2. The van der Waals surface area contributed by atoms with Crippen LogP contribution in [0.25, 0.3) is 10.9 Å². The average molecular weight is 382 g/mol. The number of rotatable bonds is 4. The predicted molar refractivity (Wildman–Crippen MR) is 92.1 cm³/mol. The summed E-state index contributed by atoms with van der Waals surface area (Å²) in [5.41, 5.74) is 3.30. The molecule has 25 heavy (non-hydrogen) atoms. The van der Waals surface area contributed by atoms with Gasteiger partial charge in [0.2, 0.25) is 0 Å². The van der Waals surface area contributed by atoms with Gasteiger partial charge in [-0.25, -0.2) is 12.8 Å². The Morgan fingerprint density at radius 1 is 1.20 bits per heavy atom. The molecule has 0 aliphatic heterocycles. The van der Waals surface area contributed by atoms with Crippen molar-refractivity contribution in [2.24, 2.45) is 7.05 Å². The molecule has 0 aliphatic carbocycles. The van der Waals surface area contributed by atoms with Gasteiger partial charge in [-0.15, -0.1) is 4.83 Å². The Bertz CT molecular complexity index is 1080. The van der Waals surface area contributed by atoms with Crippen molar-refractivity contribution in [1.82, 2.24) is 14.8 Å². The van der Waals surface area contributed by atoms with E-state index in [0.717, 1.165) is 23.7 Å². The van der Waals surface area contributed by atoms with Crippen molar-refractivity contribution in [3.63, 3.8) is 0 Å². The summed E-state index contributed by atoms with van der Waals surface area (Å²) >= 11 is 5.59. The summed E-state index contributed by atoms with van der Waals surface area (Å²) in [6.45, 7) is 0. The minimum atomic E-state index is -4.09. The van der Waals surface area contributed by atoms with E-state index in [-0.39, 0.29) is 9.92 Å². The van der Waals surface area contributed by atoms with Gasteiger partial charge in [-0.1, -0.05) is 29.8 Å². The molecule has 0 fully saturated rings. The smallest absolute Gasteiger partial charge is 0.268 e. The molecular formula is C16H13ClFN3O3S. The van der Waals surface area contributed by atoms with E-state index in [2.05, 4.69) is 5.43 Å². The van der Waals surface area contributed by atoms with Crippen LogP contribution in [-0.2, 0) is 17.1 Å². The van der Waals surface area contributed by atoms with E-state index in [4.69, 9.17) is 11.6 Å². The summed E-state index contributed by atoms with van der Waals surface area (Å²) in [5, 5.41) is 0.356. The van der Waals surface area contributed by atoms with Crippen molar-refractivity contribution in [3.05, 3.63) is 65.1 Å². The zero-order chi connectivity index (χ0) is 18.2. The Labute approximate surface area is 148 Å². The molecular weight excluding hydrogens is 369 g/mol. The number of hydrazine groups is 1. The minimum Gasteiger partial charge on any atom is -0.350 e. The van der Waals surface area contributed by atoms with E-state index in [9.17, 15) is 17.6 Å². The second-order valence-electron chi connectivity index (χ2n) is 5.31. The van der Waals surface area contributed by atoms with Crippen LogP contribution in [0.15, 0.2) is 53.6 Å². The van der Waals surface area contributed by atoms with Crippen molar-refractivity contribution in [1.29, 1.82) is 0 Å². The largest absolute Gasteiger partial charge is 0.350 e. The Morgan fingerprint density at radius 3 is 2.64 bits per heavy atom. The van der Waals surface area contributed by atoms with E-state index in [1.807, 2.05) is 17.0 Å². The van der Waals surface area contributed by atoms with E-state index in [1.54, 1.807) is 29.9 Å². The van der Waals surface area contributed by atoms with Gasteiger partial charge >= 0.3 is 0 Å². The number of nitrogens with zero attached hydrogens (tertiary/aromatic N) is 1. The molecule has 1 amide bonds. The number of fused-ring (bicyclic) bond motifs is 1. The fourth-order valence-electron chi connectivity index (χ4n) is 2.41. The Kier molecular flexibility index (Phi) is 4.51. The minimum absolute atomic E-state index is 0.267. The zero-order valence-corrected chi connectivity index (χ0v) is 14.5. The zero-order valence-electron chi connectivity index (χ0n) is 13.0. The SMILES string of the molecule is Cn1cc(C(=O)NNS(=O)(=O)c2ccc(F)c(Cl)c2)c2ccccc21. The number of benzene rings is 2. The Balaban J connectivity index is 1.82. The lowest BCUT2D eigenvalue weighted by Crippen LogP contribution is -2.41. The van der Waals surface area contributed by atoms with Crippen LogP contribution < -0.4 is 10.3 Å². The van der Waals surface area contributed by atoms with E-state index < -0.39 is 21.7 Å². The average Bonchev–Trinajstić information content (AvgIpc) is 2.92. The molecule has 0 bridgehead atoms. The van der Waals surface area contributed by atoms with E-state index in [0.29, 0.717) is 10.9 Å². The lowest BCUT2D eigenvalue weighted by Gasteiger charge is -2.08. The first kappa shape index (κ1) is 17.4. The molecule has 2 aromatic carbocycles. The summed E-state index contributed by atoms with van der Waals surface area (Å²) in [6.07, 6.45) is 1.60. The summed E-state index contributed by atoms with van der Waals surface area (Å²) in [6, 6.07) is 10.2. The van der Waals surface area contributed by atoms with Crippen LogP contribution >= 0.6 is 11.6 Å². The third kappa shape index (κ3) is 3.37. The maximum Gasteiger partial charge on any atom is 0.268 e. The molecule has 1 heterocycles. The standard InChI is InChI=1S/C16H13ClFN3O3S/c1-21-9-12(11-4-2-3-5-15(11)21)16(22)19-20-25(23,24)10-6-7-14(18)13(17)8-10/h2-9,20H,1H3,(H,19,22). The van der Waals surface area contributed by atoms with Crippen LogP contribution in [0.4, 0.5) is 4.39 Å².